The molecule has 15 heavy (non-hydrogen) atoms. The Hall–Kier alpha value is -1.36. The predicted molar refractivity (Wildman–Crippen MR) is 54.7 cm³/mol. The van der Waals surface area contributed by atoms with Gasteiger partial charge >= 0.3 is 0 Å². The van der Waals surface area contributed by atoms with Gasteiger partial charge in [-0.25, -0.2) is 0 Å². The number of carbonyl (C=O) groups excluding carboxylic acids is 2. The van der Waals surface area contributed by atoms with Gasteiger partial charge in [0.2, 0.25) is 11.8 Å². The van der Waals surface area contributed by atoms with Gasteiger partial charge in [-0.3, -0.25) is 9.59 Å². The maximum absolute atomic E-state index is 11.5. The second-order valence-corrected chi connectivity index (χ2v) is 3.64. The van der Waals surface area contributed by atoms with Gasteiger partial charge in [-0.05, 0) is 19.3 Å². The summed E-state index contributed by atoms with van der Waals surface area (Å²) in [6, 6.07) is 0. The number of allylic oxidation sites excluding steroid dienone is 2. The van der Waals surface area contributed by atoms with Crippen molar-refractivity contribution in [2.45, 2.75) is 25.4 Å². The minimum atomic E-state index is -1.30. The van der Waals surface area contributed by atoms with Crippen LogP contribution in [0.2, 0.25) is 0 Å². The summed E-state index contributed by atoms with van der Waals surface area (Å²) in [5.74, 6) is -0.992. The van der Waals surface area contributed by atoms with Crippen LogP contribution in [-0.2, 0) is 9.59 Å². The Bertz CT molecular complexity index is 276. The largest absolute Gasteiger partial charge is 0.381 e. The molecule has 2 amide bonds. The van der Waals surface area contributed by atoms with Crippen molar-refractivity contribution >= 4 is 11.8 Å². The molecule has 5 heteroatoms. The summed E-state index contributed by atoms with van der Waals surface area (Å²) in [5, 5.41) is 11.6. The lowest BCUT2D eigenvalue weighted by Crippen LogP contribution is -2.42. The number of hydrogen-bond acceptors (Lipinski definition) is 3. The summed E-state index contributed by atoms with van der Waals surface area (Å²) in [6.07, 6.45) is 5.15. The van der Waals surface area contributed by atoms with Gasteiger partial charge in [0.25, 0.3) is 0 Å². The summed E-state index contributed by atoms with van der Waals surface area (Å²) in [7, 11) is 0. The molecule has 0 bridgehead atoms. The Morgan fingerprint density at radius 1 is 1.53 bits per heavy atom. The highest BCUT2D eigenvalue weighted by Crippen LogP contribution is 2.17. The quantitative estimate of drug-likeness (QED) is 0.538. The Morgan fingerprint density at radius 3 is 2.80 bits per heavy atom. The second kappa shape index (κ2) is 5.50. The second-order valence-electron chi connectivity index (χ2n) is 3.64. The molecule has 0 spiro atoms. The predicted octanol–water partition coefficient (Wildman–Crippen LogP) is -0.695. The minimum absolute atomic E-state index is 0.0462. The fourth-order valence-electron chi connectivity index (χ4n) is 1.47. The molecule has 0 radical (unpaired) electrons. The smallest absolute Gasteiger partial charge is 0.248 e. The summed E-state index contributed by atoms with van der Waals surface area (Å²) < 4.78 is 0. The highest BCUT2D eigenvalue weighted by atomic mass is 16.3. The standard InChI is InChI=1S/C10H16N2O3/c11-9(14)8(13)6-12-10(15)7-4-2-1-3-5-7/h1-2,7-8,13H,3-6H2,(H2,11,14)(H,12,15). The number of carbonyl (C=O) groups is 2. The number of aliphatic hydroxyl groups excluding tert-OH is 1. The number of nitrogens with two attached hydrogens (primary N) is 1. The number of primary amides is 1. The van der Waals surface area contributed by atoms with Gasteiger partial charge in [-0.15, -0.1) is 0 Å². The van der Waals surface area contributed by atoms with Crippen molar-refractivity contribution in [3.05, 3.63) is 12.2 Å². The van der Waals surface area contributed by atoms with E-state index in [1.54, 1.807) is 0 Å². The molecular formula is C10H16N2O3. The van der Waals surface area contributed by atoms with Crippen LogP contribution in [0.25, 0.3) is 0 Å². The van der Waals surface area contributed by atoms with Gasteiger partial charge < -0.3 is 16.2 Å². The molecule has 0 aromatic rings. The first-order valence-electron chi connectivity index (χ1n) is 5.01. The molecule has 1 aliphatic carbocycles. The van der Waals surface area contributed by atoms with Crippen LogP contribution in [0.5, 0.6) is 0 Å². The Labute approximate surface area is 88.3 Å². The summed E-state index contributed by atoms with van der Waals surface area (Å²) in [6.45, 7) is -0.103. The van der Waals surface area contributed by atoms with Gasteiger partial charge in [0.15, 0.2) is 0 Å². The normalized spacial score (nSPS) is 22.1. The number of nitrogens with one attached hydrogen (secondary N) is 1. The average Bonchev–Trinajstić information content (AvgIpc) is 2.26. The fraction of sp³-hybridized carbons (Fsp3) is 0.600. The first kappa shape index (κ1) is 11.7. The topological polar surface area (TPSA) is 92.4 Å². The molecule has 4 N–H and O–H groups in total. The molecule has 2 atom stereocenters. The number of aliphatic hydroxyl groups is 1. The fourth-order valence-corrected chi connectivity index (χ4v) is 1.47. The first-order chi connectivity index (χ1) is 7.11. The van der Waals surface area contributed by atoms with E-state index in [1.165, 1.54) is 0 Å². The van der Waals surface area contributed by atoms with Crippen LogP contribution in [0.1, 0.15) is 19.3 Å². The van der Waals surface area contributed by atoms with E-state index in [4.69, 9.17) is 10.8 Å². The van der Waals surface area contributed by atoms with Crippen molar-refractivity contribution in [2.75, 3.05) is 6.54 Å². The number of hydrogen-bond donors (Lipinski definition) is 3. The molecule has 5 nitrogen and oxygen atoms in total. The molecule has 0 saturated carbocycles. The van der Waals surface area contributed by atoms with Crippen molar-refractivity contribution in [1.82, 2.24) is 5.32 Å². The van der Waals surface area contributed by atoms with E-state index >= 15 is 0 Å². The van der Waals surface area contributed by atoms with Gasteiger partial charge in [0, 0.05) is 5.92 Å². The zero-order valence-electron chi connectivity index (χ0n) is 8.48. The highest BCUT2D eigenvalue weighted by Gasteiger charge is 2.20. The third-order valence-electron chi connectivity index (χ3n) is 2.44. The van der Waals surface area contributed by atoms with E-state index in [9.17, 15) is 9.59 Å². The van der Waals surface area contributed by atoms with E-state index in [2.05, 4.69) is 5.32 Å². The van der Waals surface area contributed by atoms with Crippen LogP contribution in [-0.4, -0.2) is 29.6 Å². The number of amides is 2. The van der Waals surface area contributed by atoms with Crippen LogP contribution >= 0.6 is 0 Å². The molecule has 0 aromatic carbocycles. The lowest BCUT2D eigenvalue weighted by atomic mass is 9.94. The van der Waals surface area contributed by atoms with Crippen LogP contribution in [0.3, 0.4) is 0 Å². The molecular weight excluding hydrogens is 196 g/mol. The number of rotatable bonds is 4. The van der Waals surface area contributed by atoms with Gasteiger partial charge in [0.1, 0.15) is 6.10 Å². The summed E-state index contributed by atoms with van der Waals surface area (Å²) >= 11 is 0. The molecule has 2 unspecified atom stereocenters. The third-order valence-corrected chi connectivity index (χ3v) is 2.44. The van der Waals surface area contributed by atoms with E-state index in [-0.39, 0.29) is 18.4 Å². The van der Waals surface area contributed by atoms with Crippen molar-refractivity contribution in [3.63, 3.8) is 0 Å². The minimum Gasteiger partial charge on any atom is -0.381 e. The van der Waals surface area contributed by atoms with E-state index < -0.39 is 12.0 Å². The molecule has 0 saturated heterocycles. The molecule has 1 aliphatic rings. The third kappa shape index (κ3) is 3.71. The maximum Gasteiger partial charge on any atom is 0.248 e. The molecule has 0 aromatic heterocycles. The van der Waals surface area contributed by atoms with Gasteiger partial charge in [-0.2, -0.15) is 0 Å². The van der Waals surface area contributed by atoms with Crippen molar-refractivity contribution in [1.29, 1.82) is 0 Å². The van der Waals surface area contributed by atoms with E-state index in [1.807, 2.05) is 12.2 Å². The molecule has 0 fully saturated rings. The van der Waals surface area contributed by atoms with E-state index in [0.717, 1.165) is 19.3 Å². The summed E-state index contributed by atoms with van der Waals surface area (Å²) in [5.41, 5.74) is 4.85. The van der Waals surface area contributed by atoms with Crippen molar-refractivity contribution in [3.8, 4) is 0 Å². The zero-order chi connectivity index (χ0) is 11.3. The maximum atomic E-state index is 11.5. The summed E-state index contributed by atoms with van der Waals surface area (Å²) in [4.78, 5) is 22.0. The average molecular weight is 212 g/mol. The molecule has 84 valence electrons. The molecule has 0 heterocycles. The zero-order valence-corrected chi connectivity index (χ0v) is 8.48. The van der Waals surface area contributed by atoms with Crippen molar-refractivity contribution in [2.24, 2.45) is 11.7 Å². The van der Waals surface area contributed by atoms with Crippen LogP contribution < -0.4 is 11.1 Å². The van der Waals surface area contributed by atoms with Crippen LogP contribution in [0, 0.1) is 5.92 Å². The van der Waals surface area contributed by atoms with Gasteiger partial charge in [-0.1, -0.05) is 12.2 Å². The lowest BCUT2D eigenvalue weighted by Gasteiger charge is -2.17. The Kier molecular flexibility index (Phi) is 4.30. The molecule has 1 rings (SSSR count). The van der Waals surface area contributed by atoms with E-state index in [0.29, 0.717) is 0 Å². The molecule has 0 aliphatic heterocycles. The van der Waals surface area contributed by atoms with Crippen molar-refractivity contribution < 1.29 is 14.7 Å². The SMILES string of the molecule is NC(=O)C(O)CNC(=O)C1CC=CCC1. The Balaban J connectivity index is 2.29. The van der Waals surface area contributed by atoms with Crippen LogP contribution in [0.15, 0.2) is 12.2 Å². The van der Waals surface area contributed by atoms with Gasteiger partial charge in [0.05, 0.1) is 6.54 Å². The monoisotopic (exact) mass is 212 g/mol. The first-order valence-corrected chi connectivity index (χ1v) is 5.01. The lowest BCUT2D eigenvalue weighted by molar-refractivity contribution is -0.128. The highest BCUT2D eigenvalue weighted by molar-refractivity contribution is 5.82. The Morgan fingerprint density at radius 2 is 2.27 bits per heavy atom. The van der Waals surface area contributed by atoms with Crippen LogP contribution in [0.4, 0.5) is 0 Å².